The van der Waals surface area contributed by atoms with Gasteiger partial charge in [0, 0.05) is 22.7 Å². The molecule has 2 fully saturated rings. The van der Waals surface area contributed by atoms with E-state index in [2.05, 4.69) is 10.1 Å². The highest BCUT2D eigenvalue weighted by molar-refractivity contribution is 6.31. The molecule has 1 aliphatic heterocycles. The summed E-state index contributed by atoms with van der Waals surface area (Å²) in [4.78, 5) is 39.7. The summed E-state index contributed by atoms with van der Waals surface area (Å²) in [5, 5.41) is 16.3. The van der Waals surface area contributed by atoms with Crippen LogP contribution in [-0.4, -0.2) is 32.9 Å². The number of benzene rings is 1. The SMILES string of the molecule is O=C1C2C3C=CC(C3)C2C(=O)N1N=Cc1cc(Cl)ccc1Oc1ccc([N+](=O)[O-])cn1. The van der Waals surface area contributed by atoms with Crippen molar-refractivity contribution in [2.45, 2.75) is 6.42 Å². The molecule has 0 N–H and O–H groups in total. The van der Waals surface area contributed by atoms with Crippen LogP contribution >= 0.6 is 11.6 Å². The summed E-state index contributed by atoms with van der Waals surface area (Å²) in [6.07, 6.45) is 7.31. The third-order valence-corrected chi connectivity index (χ3v) is 6.11. The van der Waals surface area contributed by atoms with Gasteiger partial charge in [-0.2, -0.15) is 10.1 Å². The molecule has 0 radical (unpaired) electrons. The first-order chi connectivity index (χ1) is 14.9. The van der Waals surface area contributed by atoms with E-state index in [9.17, 15) is 19.7 Å². The number of rotatable bonds is 5. The minimum Gasteiger partial charge on any atom is -0.438 e. The van der Waals surface area contributed by atoms with Gasteiger partial charge in [0.1, 0.15) is 11.9 Å². The van der Waals surface area contributed by atoms with Crippen molar-refractivity contribution in [1.82, 2.24) is 9.99 Å². The summed E-state index contributed by atoms with van der Waals surface area (Å²) in [5.74, 6) is -0.592. The number of amides is 2. The number of hydrogen-bond acceptors (Lipinski definition) is 7. The Morgan fingerprint density at radius 3 is 2.48 bits per heavy atom. The number of allylic oxidation sites excluding steroid dienone is 2. The zero-order valence-electron chi connectivity index (χ0n) is 15.9. The van der Waals surface area contributed by atoms with Crippen molar-refractivity contribution in [3.8, 4) is 11.6 Å². The molecule has 2 aromatic rings. The van der Waals surface area contributed by atoms with Crippen molar-refractivity contribution < 1.29 is 19.2 Å². The smallest absolute Gasteiger partial charge is 0.287 e. The second kappa shape index (κ2) is 7.28. The molecule has 31 heavy (non-hydrogen) atoms. The number of hydrogen-bond donors (Lipinski definition) is 0. The van der Waals surface area contributed by atoms with E-state index < -0.39 is 4.92 Å². The van der Waals surface area contributed by atoms with Crippen molar-refractivity contribution in [2.75, 3.05) is 0 Å². The molecule has 2 aliphatic carbocycles. The van der Waals surface area contributed by atoms with Gasteiger partial charge in [-0.05, 0) is 36.5 Å². The van der Waals surface area contributed by atoms with E-state index in [4.69, 9.17) is 16.3 Å². The number of ether oxygens (including phenoxy) is 1. The molecule has 1 saturated carbocycles. The number of pyridine rings is 1. The number of hydrazone groups is 1. The largest absolute Gasteiger partial charge is 0.438 e. The van der Waals surface area contributed by atoms with Crippen molar-refractivity contribution in [1.29, 1.82) is 0 Å². The molecule has 1 saturated heterocycles. The Balaban J connectivity index is 1.39. The molecule has 2 bridgehead atoms. The first kappa shape index (κ1) is 19.4. The van der Waals surface area contributed by atoms with Gasteiger partial charge in [-0.15, -0.1) is 0 Å². The lowest BCUT2D eigenvalue weighted by molar-refractivity contribution is -0.385. The molecule has 5 rings (SSSR count). The number of fused-ring (bicyclic) bond motifs is 5. The van der Waals surface area contributed by atoms with Gasteiger partial charge in [0.05, 0.1) is 23.0 Å². The number of halogens is 1. The first-order valence-electron chi connectivity index (χ1n) is 9.60. The molecule has 4 unspecified atom stereocenters. The predicted molar refractivity (Wildman–Crippen MR) is 110 cm³/mol. The molecule has 4 atom stereocenters. The zero-order chi connectivity index (χ0) is 21.7. The molecule has 1 aromatic carbocycles. The summed E-state index contributed by atoms with van der Waals surface area (Å²) < 4.78 is 5.70. The molecular weight excluding hydrogens is 424 g/mol. The molecular formula is C21H15ClN4O5. The number of carbonyl (C=O) groups is 2. The van der Waals surface area contributed by atoms with Crippen molar-refractivity contribution in [3.05, 3.63) is 69.4 Å². The van der Waals surface area contributed by atoms with Crippen molar-refractivity contribution in [3.63, 3.8) is 0 Å². The number of nitro groups is 1. The topological polar surface area (TPSA) is 115 Å². The van der Waals surface area contributed by atoms with Gasteiger partial charge in [-0.3, -0.25) is 19.7 Å². The van der Waals surface area contributed by atoms with Crippen LogP contribution in [0.4, 0.5) is 5.69 Å². The predicted octanol–water partition coefficient (Wildman–Crippen LogP) is 3.58. The van der Waals surface area contributed by atoms with Crippen LogP contribution in [0, 0.1) is 33.8 Å². The molecule has 1 aromatic heterocycles. The quantitative estimate of drug-likeness (QED) is 0.232. The van der Waals surface area contributed by atoms with Gasteiger partial charge in [0.2, 0.25) is 5.88 Å². The Hall–Kier alpha value is -3.59. The summed E-state index contributed by atoms with van der Waals surface area (Å²) in [6.45, 7) is 0. The number of carbonyl (C=O) groups excluding carboxylic acids is 2. The van der Waals surface area contributed by atoms with Gasteiger partial charge in [-0.1, -0.05) is 23.8 Å². The highest BCUT2D eigenvalue weighted by Crippen LogP contribution is 2.52. The fourth-order valence-corrected chi connectivity index (χ4v) is 4.67. The average Bonchev–Trinajstić information content (AvgIpc) is 3.43. The van der Waals surface area contributed by atoms with Gasteiger partial charge in [0.25, 0.3) is 17.5 Å². The van der Waals surface area contributed by atoms with Gasteiger partial charge in [-0.25, -0.2) is 4.98 Å². The first-order valence-corrected chi connectivity index (χ1v) is 9.98. The molecule has 3 aliphatic rings. The monoisotopic (exact) mass is 438 g/mol. The maximum absolute atomic E-state index is 12.8. The third-order valence-electron chi connectivity index (χ3n) is 5.88. The Kier molecular flexibility index (Phi) is 4.55. The van der Waals surface area contributed by atoms with E-state index in [1.54, 1.807) is 18.2 Å². The van der Waals surface area contributed by atoms with Crippen molar-refractivity contribution in [2.24, 2.45) is 28.8 Å². The van der Waals surface area contributed by atoms with E-state index in [0.29, 0.717) is 16.3 Å². The Labute approximate surface area is 181 Å². The van der Waals surface area contributed by atoms with Crippen LogP contribution < -0.4 is 4.74 Å². The molecule has 2 amide bonds. The lowest BCUT2D eigenvalue weighted by atomic mass is 9.85. The lowest BCUT2D eigenvalue weighted by Gasteiger charge is -2.13. The number of nitrogens with zero attached hydrogens (tertiary/aromatic N) is 4. The van der Waals surface area contributed by atoms with E-state index in [1.165, 1.54) is 18.3 Å². The summed E-state index contributed by atoms with van der Waals surface area (Å²) in [6, 6.07) is 7.39. The Bertz CT molecular complexity index is 1130. The summed E-state index contributed by atoms with van der Waals surface area (Å²) in [7, 11) is 0. The third kappa shape index (κ3) is 3.27. The van der Waals surface area contributed by atoms with Crippen LogP contribution in [0.2, 0.25) is 5.02 Å². The maximum Gasteiger partial charge on any atom is 0.287 e. The van der Waals surface area contributed by atoms with Crippen LogP contribution in [0.3, 0.4) is 0 Å². The van der Waals surface area contributed by atoms with Crippen LogP contribution in [0.5, 0.6) is 11.6 Å². The second-order valence-corrected chi connectivity index (χ2v) is 8.07. The Morgan fingerprint density at radius 2 is 1.87 bits per heavy atom. The molecule has 10 heteroatoms. The van der Waals surface area contributed by atoms with E-state index >= 15 is 0 Å². The molecule has 0 spiro atoms. The lowest BCUT2D eigenvalue weighted by Crippen LogP contribution is -2.28. The van der Waals surface area contributed by atoms with E-state index in [1.807, 2.05) is 12.2 Å². The van der Waals surface area contributed by atoms with Gasteiger partial charge >= 0.3 is 0 Å². The van der Waals surface area contributed by atoms with Gasteiger partial charge < -0.3 is 4.74 Å². The maximum atomic E-state index is 12.8. The van der Waals surface area contributed by atoms with Crippen molar-refractivity contribution >= 4 is 35.3 Å². The van der Waals surface area contributed by atoms with E-state index in [0.717, 1.165) is 17.6 Å². The van der Waals surface area contributed by atoms with Crippen LogP contribution in [-0.2, 0) is 9.59 Å². The highest BCUT2D eigenvalue weighted by atomic mass is 35.5. The van der Waals surface area contributed by atoms with Gasteiger partial charge in [0.15, 0.2) is 0 Å². The highest BCUT2D eigenvalue weighted by Gasteiger charge is 2.59. The van der Waals surface area contributed by atoms with Crippen LogP contribution in [0.15, 0.2) is 53.8 Å². The normalized spacial score (nSPS) is 26.2. The molecule has 2 heterocycles. The number of imide groups is 1. The summed E-state index contributed by atoms with van der Waals surface area (Å²) >= 11 is 6.09. The second-order valence-electron chi connectivity index (χ2n) is 7.63. The average molecular weight is 439 g/mol. The molecule has 156 valence electrons. The Morgan fingerprint density at radius 1 is 1.16 bits per heavy atom. The van der Waals surface area contributed by atoms with Crippen LogP contribution in [0.1, 0.15) is 12.0 Å². The minimum atomic E-state index is -0.557. The fourth-order valence-electron chi connectivity index (χ4n) is 4.49. The molecule has 9 nitrogen and oxygen atoms in total. The summed E-state index contributed by atoms with van der Waals surface area (Å²) in [5.41, 5.74) is 0.261. The van der Waals surface area contributed by atoms with E-state index in [-0.39, 0.29) is 47.1 Å². The minimum absolute atomic E-state index is 0.102. The fraction of sp³-hybridized carbons (Fsp3) is 0.238. The van der Waals surface area contributed by atoms with Crippen LogP contribution in [0.25, 0.3) is 0 Å². The number of aromatic nitrogens is 1. The zero-order valence-corrected chi connectivity index (χ0v) is 16.7. The standard InChI is InChI=1S/C21H15ClN4O5/c22-14-3-5-16(31-17-6-4-15(10-23-17)26(29)30)13(8-14)9-24-25-20(27)18-11-1-2-12(7-11)19(18)21(25)28/h1-6,8-12,18-19H,7H2.